The van der Waals surface area contributed by atoms with Crippen LogP contribution < -0.4 is 5.56 Å². The molecule has 3 heterocycles. The van der Waals surface area contributed by atoms with E-state index >= 15 is 0 Å². The number of hydrogen-bond acceptors (Lipinski definition) is 5. The van der Waals surface area contributed by atoms with Crippen LogP contribution in [0.1, 0.15) is 39.2 Å². The van der Waals surface area contributed by atoms with E-state index in [0.717, 1.165) is 58.1 Å². The van der Waals surface area contributed by atoms with Crippen molar-refractivity contribution < 1.29 is 4.79 Å². The Morgan fingerprint density at radius 1 is 1.12 bits per heavy atom. The largest absolute Gasteiger partial charge is 0.360 e. The highest BCUT2D eigenvalue weighted by Crippen LogP contribution is 2.35. The van der Waals surface area contributed by atoms with Gasteiger partial charge in [0.15, 0.2) is 10.9 Å². The maximum Gasteiger partial charge on any atom is 0.267 e. The smallest absolute Gasteiger partial charge is 0.267 e. The first-order valence-corrected chi connectivity index (χ1v) is 13.3. The number of nitrogens with zero attached hydrogens (tertiary/aromatic N) is 2. The molecule has 3 aromatic heterocycles. The maximum atomic E-state index is 13.8. The number of thioether (sulfide) groups is 1. The third-order valence-electron chi connectivity index (χ3n) is 6.47. The zero-order chi connectivity index (χ0) is 23.2. The highest BCUT2D eigenvalue weighted by molar-refractivity contribution is 7.99. The maximum absolute atomic E-state index is 13.8. The first-order chi connectivity index (χ1) is 16.6. The van der Waals surface area contributed by atoms with Crippen LogP contribution in [0.2, 0.25) is 0 Å². The van der Waals surface area contributed by atoms with Crippen LogP contribution in [-0.2, 0) is 12.8 Å². The zero-order valence-corrected chi connectivity index (χ0v) is 20.4. The molecule has 0 fully saturated rings. The van der Waals surface area contributed by atoms with Gasteiger partial charge in [0, 0.05) is 27.5 Å². The van der Waals surface area contributed by atoms with Crippen LogP contribution in [0.3, 0.4) is 0 Å². The number of hydrogen-bond donors (Lipinski definition) is 1. The number of nitrogens with one attached hydrogen (secondary N) is 1. The van der Waals surface area contributed by atoms with Crippen molar-refractivity contribution in [2.75, 3.05) is 5.75 Å². The summed E-state index contributed by atoms with van der Waals surface area (Å²) >= 11 is 2.97. The van der Waals surface area contributed by atoms with E-state index in [4.69, 9.17) is 4.98 Å². The molecule has 0 bridgehead atoms. The van der Waals surface area contributed by atoms with E-state index in [0.29, 0.717) is 10.7 Å². The van der Waals surface area contributed by atoms with Crippen molar-refractivity contribution in [3.8, 4) is 5.69 Å². The molecule has 0 atom stereocenters. The summed E-state index contributed by atoms with van der Waals surface area (Å²) in [7, 11) is 0. The van der Waals surface area contributed by atoms with Crippen LogP contribution in [0.5, 0.6) is 0 Å². The second kappa shape index (κ2) is 8.56. The van der Waals surface area contributed by atoms with Gasteiger partial charge in [-0.25, -0.2) is 4.98 Å². The van der Waals surface area contributed by atoms with Crippen molar-refractivity contribution in [2.24, 2.45) is 0 Å². The molecule has 1 N–H and O–H groups in total. The third-order valence-corrected chi connectivity index (χ3v) is 8.60. The molecule has 34 heavy (non-hydrogen) atoms. The molecule has 0 saturated carbocycles. The summed E-state index contributed by atoms with van der Waals surface area (Å²) in [6.07, 6.45) is 5.99. The van der Waals surface area contributed by atoms with Crippen molar-refractivity contribution in [1.29, 1.82) is 0 Å². The predicted octanol–water partition coefficient (Wildman–Crippen LogP) is 6.09. The number of aromatic nitrogens is 3. The van der Waals surface area contributed by atoms with E-state index in [1.165, 1.54) is 22.2 Å². The minimum Gasteiger partial charge on any atom is -0.360 e. The Kier molecular flexibility index (Phi) is 5.38. The predicted molar refractivity (Wildman–Crippen MR) is 140 cm³/mol. The first-order valence-electron chi connectivity index (χ1n) is 11.5. The molecule has 170 valence electrons. The molecule has 7 heteroatoms. The van der Waals surface area contributed by atoms with Crippen molar-refractivity contribution in [3.05, 3.63) is 86.6 Å². The highest BCUT2D eigenvalue weighted by atomic mass is 32.2. The van der Waals surface area contributed by atoms with Gasteiger partial charge >= 0.3 is 0 Å². The number of ketones is 1. The van der Waals surface area contributed by atoms with Crippen LogP contribution in [0.25, 0.3) is 26.8 Å². The average molecular weight is 486 g/mol. The molecule has 0 aliphatic heterocycles. The number of fused-ring (bicyclic) bond motifs is 4. The standard InChI is InChI=1S/C27H23N3O2S2/c1-16-10-12-17(13-11-16)30-26(32)24-19-7-3-5-9-23(19)34-25(24)29-27(30)33-15-22(31)20-14-28-21-8-4-2-6-18(20)21/h2,4,6,8,10-14,28H,3,5,7,9,15H2,1H3. The van der Waals surface area contributed by atoms with E-state index in [1.807, 2.05) is 55.5 Å². The van der Waals surface area contributed by atoms with Gasteiger partial charge < -0.3 is 4.98 Å². The van der Waals surface area contributed by atoms with Gasteiger partial charge in [-0.15, -0.1) is 11.3 Å². The normalized spacial score (nSPS) is 13.4. The fourth-order valence-electron chi connectivity index (χ4n) is 4.71. The van der Waals surface area contributed by atoms with Crippen LogP contribution >= 0.6 is 23.1 Å². The van der Waals surface area contributed by atoms with E-state index < -0.39 is 0 Å². The van der Waals surface area contributed by atoms with Gasteiger partial charge in [0.1, 0.15) is 4.83 Å². The lowest BCUT2D eigenvalue weighted by Crippen LogP contribution is -2.22. The van der Waals surface area contributed by atoms with Gasteiger partial charge in [-0.2, -0.15) is 0 Å². The number of carbonyl (C=O) groups is 1. The lowest BCUT2D eigenvalue weighted by atomic mass is 9.97. The number of carbonyl (C=O) groups excluding carboxylic acids is 1. The van der Waals surface area contributed by atoms with Gasteiger partial charge in [0.05, 0.1) is 16.8 Å². The molecular weight excluding hydrogens is 462 g/mol. The summed E-state index contributed by atoms with van der Waals surface area (Å²) in [4.78, 5) is 37.2. The second-order valence-corrected chi connectivity index (χ2v) is 10.7. The molecule has 5 nitrogen and oxygen atoms in total. The summed E-state index contributed by atoms with van der Waals surface area (Å²) in [5.74, 6) is 0.217. The van der Waals surface area contributed by atoms with Crippen molar-refractivity contribution in [1.82, 2.24) is 14.5 Å². The number of thiophene rings is 1. The fraction of sp³-hybridized carbons (Fsp3) is 0.222. The van der Waals surface area contributed by atoms with Crippen molar-refractivity contribution >= 4 is 50.0 Å². The van der Waals surface area contributed by atoms with Crippen LogP contribution in [-0.4, -0.2) is 26.1 Å². The summed E-state index contributed by atoms with van der Waals surface area (Å²) in [5.41, 5.74) is 4.66. The number of benzene rings is 2. The molecule has 2 aromatic carbocycles. The number of H-pyrrole nitrogens is 1. The summed E-state index contributed by atoms with van der Waals surface area (Å²) in [5, 5.41) is 2.24. The first kappa shape index (κ1) is 21.4. The zero-order valence-electron chi connectivity index (χ0n) is 18.8. The number of rotatable bonds is 5. The molecule has 1 aliphatic rings. The molecule has 5 aromatic rings. The van der Waals surface area contributed by atoms with Crippen LogP contribution in [0.15, 0.2) is 64.7 Å². The van der Waals surface area contributed by atoms with Crippen LogP contribution in [0, 0.1) is 6.92 Å². The van der Waals surface area contributed by atoms with Crippen LogP contribution in [0.4, 0.5) is 0 Å². The fourth-order valence-corrected chi connectivity index (χ4v) is 6.91. The Hall–Kier alpha value is -3.16. The van der Waals surface area contributed by atoms with Gasteiger partial charge in [0.25, 0.3) is 5.56 Å². The average Bonchev–Trinajstić information content (AvgIpc) is 3.45. The van der Waals surface area contributed by atoms with Crippen molar-refractivity contribution in [3.63, 3.8) is 0 Å². The molecule has 0 amide bonds. The molecule has 0 saturated heterocycles. The Morgan fingerprint density at radius 3 is 2.76 bits per heavy atom. The van der Waals surface area contributed by atoms with E-state index in [1.54, 1.807) is 22.1 Å². The minimum absolute atomic E-state index is 0.0118. The Morgan fingerprint density at radius 2 is 1.91 bits per heavy atom. The van der Waals surface area contributed by atoms with Gasteiger partial charge in [0.2, 0.25) is 0 Å². The van der Waals surface area contributed by atoms with Gasteiger partial charge in [-0.1, -0.05) is 47.7 Å². The summed E-state index contributed by atoms with van der Waals surface area (Å²) in [6.45, 7) is 2.03. The topological polar surface area (TPSA) is 67.8 Å². The monoisotopic (exact) mass is 485 g/mol. The number of aromatic amines is 1. The van der Waals surface area contributed by atoms with E-state index in [9.17, 15) is 9.59 Å². The number of Topliss-reactive ketones (excluding diaryl/α,β-unsaturated/α-hetero) is 1. The molecule has 0 radical (unpaired) electrons. The second-order valence-electron chi connectivity index (χ2n) is 8.72. The summed E-state index contributed by atoms with van der Waals surface area (Å²) in [6, 6.07) is 15.7. The molecule has 0 spiro atoms. The van der Waals surface area contributed by atoms with Crippen molar-refractivity contribution in [2.45, 2.75) is 37.8 Å². The quantitative estimate of drug-likeness (QED) is 0.186. The van der Waals surface area contributed by atoms with E-state index in [2.05, 4.69) is 4.98 Å². The minimum atomic E-state index is -0.0321. The number of aryl methyl sites for hydroxylation is 3. The lowest BCUT2D eigenvalue weighted by molar-refractivity contribution is 0.102. The molecule has 6 rings (SSSR count). The Labute approximate surface area is 204 Å². The Balaban J connectivity index is 1.44. The molecular formula is C27H23N3O2S2. The third kappa shape index (κ3) is 3.60. The molecule has 0 unspecified atom stereocenters. The van der Waals surface area contributed by atoms with E-state index in [-0.39, 0.29) is 17.1 Å². The summed E-state index contributed by atoms with van der Waals surface area (Å²) < 4.78 is 1.69. The van der Waals surface area contributed by atoms with Gasteiger partial charge in [-0.05, 0) is 56.4 Å². The molecule has 1 aliphatic carbocycles. The lowest BCUT2D eigenvalue weighted by Gasteiger charge is -2.13. The SMILES string of the molecule is Cc1ccc(-n2c(SCC(=O)c3c[nH]c4ccccc34)nc3sc4c(c3c2=O)CCCC4)cc1. The number of para-hydroxylation sites is 1. The Bertz CT molecular complexity index is 1610. The van der Waals surface area contributed by atoms with Gasteiger partial charge in [-0.3, -0.25) is 14.2 Å². The highest BCUT2D eigenvalue weighted by Gasteiger charge is 2.23.